The molecule has 30 heavy (non-hydrogen) atoms. The first-order valence-corrected chi connectivity index (χ1v) is 10.3. The predicted molar refractivity (Wildman–Crippen MR) is 118 cm³/mol. The molecule has 0 aliphatic carbocycles. The second kappa shape index (κ2) is 8.71. The fourth-order valence-electron chi connectivity index (χ4n) is 4.04. The van der Waals surface area contributed by atoms with Crippen LogP contribution in [0, 0.1) is 0 Å². The van der Waals surface area contributed by atoms with Gasteiger partial charge in [0.15, 0.2) is 0 Å². The highest BCUT2D eigenvalue weighted by Gasteiger charge is 2.32. The molecule has 1 atom stereocenters. The minimum absolute atomic E-state index is 0.0659. The van der Waals surface area contributed by atoms with Crippen molar-refractivity contribution in [2.45, 2.75) is 25.4 Å². The van der Waals surface area contributed by atoms with Crippen molar-refractivity contribution < 1.29 is 9.53 Å². The molecule has 3 aromatic rings. The summed E-state index contributed by atoms with van der Waals surface area (Å²) >= 11 is 0. The number of carbonyl (C=O) groups is 1. The molecule has 1 aromatic heterocycles. The standard InChI is InChI=1S/C24H28N4O2/c1-26(2)24(29)22-10-7-15-27(22)16-19-17-28(20-8-5-4-6-9-20)25-23(19)18-11-13-21(30-3)14-12-18/h4-6,8-9,11-14,17,22H,7,10,15-16H2,1-3H3. The zero-order chi connectivity index (χ0) is 21.1. The van der Waals surface area contributed by atoms with E-state index < -0.39 is 0 Å². The van der Waals surface area contributed by atoms with E-state index in [0.29, 0.717) is 6.54 Å². The molecular weight excluding hydrogens is 376 g/mol. The quantitative estimate of drug-likeness (QED) is 0.630. The second-order valence-corrected chi connectivity index (χ2v) is 7.87. The number of rotatable bonds is 6. The topological polar surface area (TPSA) is 50.6 Å². The van der Waals surface area contributed by atoms with E-state index in [1.807, 2.05) is 73.4 Å². The lowest BCUT2D eigenvalue weighted by Crippen LogP contribution is -2.42. The van der Waals surface area contributed by atoms with Crippen LogP contribution in [0.25, 0.3) is 16.9 Å². The Morgan fingerprint density at radius 2 is 1.87 bits per heavy atom. The Bertz CT molecular complexity index is 996. The van der Waals surface area contributed by atoms with Crippen LogP contribution in [-0.4, -0.2) is 59.3 Å². The first kappa shape index (κ1) is 20.2. The molecule has 1 unspecified atom stereocenters. The maximum absolute atomic E-state index is 12.6. The molecule has 6 heteroatoms. The van der Waals surface area contributed by atoms with Crippen LogP contribution < -0.4 is 4.74 Å². The molecular formula is C24H28N4O2. The third-order valence-electron chi connectivity index (χ3n) is 5.64. The maximum Gasteiger partial charge on any atom is 0.239 e. The van der Waals surface area contributed by atoms with Crippen LogP contribution in [0.2, 0.25) is 0 Å². The molecule has 0 saturated carbocycles. The van der Waals surface area contributed by atoms with Gasteiger partial charge in [0, 0.05) is 38.0 Å². The minimum atomic E-state index is -0.0659. The number of benzene rings is 2. The monoisotopic (exact) mass is 404 g/mol. The Kier molecular flexibility index (Phi) is 5.86. The third-order valence-corrected chi connectivity index (χ3v) is 5.64. The highest BCUT2D eigenvalue weighted by atomic mass is 16.5. The van der Waals surface area contributed by atoms with E-state index in [-0.39, 0.29) is 11.9 Å². The molecule has 2 aromatic carbocycles. The number of likely N-dealkylation sites (tertiary alicyclic amines) is 1. The largest absolute Gasteiger partial charge is 0.497 e. The van der Waals surface area contributed by atoms with Gasteiger partial charge in [-0.25, -0.2) is 4.68 Å². The fraction of sp³-hybridized carbons (Fsp3) is 0.333. The Hall–Kier alpha value is -3.12. The molecule has 4 rings (SSSR count). The number of para-hydroxylation sites is 1. The van der Waals surface area contributed by atoms with Crippen molar-refractivity contribution in [3.8, 4) is 22.7 Å². The Morgan fingerprint density at radius 3 is 2.53 bits per heavy atom. The van der Waals surface area contributed by atoms with Crippen LogP contribution in [0.15, 0.2) is 60.8 Å². The van der Waals surface area contributed by atoms with Crippen LogP contribution in [0.1, 0.15) is 18.4 Å². The molecule has 0 radical (unpaired) electrons. The van der Waals surface area contributed by atoms with Crippen molar-refractivity contribution in [3.05, 3.63) is 66.4 Å². The lowest BCUT2D eigenvalue weighted by molar-refractivity contribution is -0.133. The zero-order valence-corrected chi connectivity index (χ0v) is 17.8. The number of carbonyl (C=O) groups excluding carboxylic acids is 1. The second-order valence-electron chi connectivity index (χ2n) is 7.87. The average Bonchev–Trinajstić information content (AvgIpc) is 3.41. The molecule has 0 bridgehead atoms. The van der Waals surface area contributed by atoms with E-state index in [1.54, 1.807) is 12.0 Å². The van der Waals surface area contributed by atoms with E-state index >= 15 is 0 Å². The van der Waals surface area contributed by atoms with Crippen molar-refractivity contribution in [3.63, 3.8) is 0 Å². The number of nitrogens with zero attached hydrogens (tertiary/aromatic N) is 4. The SMILES string of the molecule is COc1ccc(-c2nn(-c3ccccc3)cc2CN2CCCC2C(=O)N(C)C)cc1. The van der Waals surface area contributed by atoms with Crippen LogP contribution >= 0.6 is 0 Å². The first-order chi connectivity index (χ1) is 14.6. The molecule has 1 aliphatic rings. The highest BCUT2D eigenvalue weighted by molar-refractivity contribution is 5.81. The van der Waals surface area contributed by atoms with Gasteiger partial charge in [0.1, 0.15) is 5.75 Å². The number of hydrogen-bond donors (Lipinski definition) is 0. The summed E-state index contributed by atoms with van der Waals surface area (Å²) in [5.41, 5.74) is 4.10. The normalized spacial score (nSPS) is 16.6. The Labute approximate surface area is 177 Å². The lowest BCUT2D eigenvalue weighted by Gasteiger charge is -2.26. The van der Waals surface area contributed by atoms with Gasteiger partial charge < -0.3 is 9.64 Å². The lowest BCUT2D eigenvalue weighted by atomic mass is 10.1. The Morgan fingerprint density at radius 1 is 1.13 bits per heavy atom. The molecule has 1 saturated heterocycles. The third kappa shape index (κ3) is 4.09. The summed E-state index contributed by atoms with van der Waals surface area (Å²) in [6.45, 7) is 1.61. The smallest absolute Gasteiger partial charge is 0.239 e. The fourth-order valence-corrected chi connectivity index (χ4v) is 4.04. The zero-order valence-electron chi connectivity index (χ0n) is 17.8. The predicted octanol–water partition coefficient (Wildman–Crippen LogP) is 3.60. The van der Waals surface area contributed by atoms with Crippen LogP contribution in [0.5, 0.6) is 5.75 Å². The van der Waals surface area contributed by atoms with E-state index in [9.17, 15) is 4.79 Å². The van der Waals surface area contributed by atoms with E-state index in [0.717, 1.165) is 47.6 Å². The molecule has 1 amide bonds. The van der Waals surface area contributed by atoms with Gasteiger partial charge in [-0.15, -0.1) is 0 Å². The van der Waals surface area contributed by atoms with E-state index in [2.05, 4.69) is 11.1 Å². The van der Waals surface area contributed by atoms with Gasteiger partial charge in [0.2, 0.25) is 5.91 Å². The van der Waals surface area contributed by atoms with Gasteiger partial charge in [-0.1, -0.05) is 18.2 Å². The van der Waals surface area contributed by atoms with Gasteiger partial charge in [-0.2, -0.15) is 5.10 Å². The van der Waals surface area contributed by atoms with Crippen LogP contribution in [0.4, 0.5) is 0 Å². The summed E-state index contributed by atoms with van der Waals surface area (Å²) in [6.07, 6.45) is 4.03. The van der Waals surface area contributed by atoms with Crippen LogP contribution in [0.3, 0.4) is 0 Å². The number of hydrogen-bond acceptors (Lipinski definition) is 4. The van der Waals surface area contributed by atoms with Gasteiger partial charge in [0.05, 0.1) is 24.5 Å². The van der Waals surface area contributed by atoms with Gasteiger partial charge in [-0.3, -0.25) is 9.69 Å². The molecule has 0 spiro atoms. The molecule has 2 heterocycles. The summed E-state index contributed by atoms with van der Waals surface area (Å²) in [4.78, 5) is 16.6. The van der Waals surface area contributed by atoms with Crippen molar-refractivity contribution in [2.24, 2.45) is 0 Å². The molecule has 0 N–H and O–H groups in total. The minimum Gasteiger partial charge on any atom is -0.497 e. The maximum atomic E-state index is 12.6. The number of methoxy groups -OCH3 is 1. The summed E-state index contributed by atoms with van der Waals surface area (Å²) in [5.74, 6) is 0.993. The van der Waals surface area contributed by atoms with Gasteiger partial charge >= 0.3 is 0 Å². The van der Waals surface area contributed by atoms with Crippen molar-refractivity contribution in [1.82, 2.24) is 19.6 Å². The number of amides is 1. The van der Waals surface area contributed by atoms with Crippen molar-refractivity contribution in [1.29, 1.82) is 0 Å². The van der Waals surface area contributed by atoms with Crippen molar-refractivity contribution in [2.75, 3.05) is 27.7 Å². The van der Waals surface area contributed by atoms with E-state index in [4.69, 9.17) is 9.84 Å². The average molecular weight is 405 g/mol. The summed E-state index contributed by atoms with van der Waals surface area (Å²) < 4.78 is 7.23. The van der Waals surface area contributed by atoms with Crippen LogP contribution in [-0.2, 0) is 11.3 Å². The Balaban J connectivity index is 1.70. The number of likely N-dealkylation sites (N-methyl/N-ethyl adjacent to an activating group) is 1. The molecule has 6 nitrogen and oxygen atoms in total. The van der Waals surface area contributed by atoms with E-state index in [1.165, 1.54) is 0 Å². The van der Waals surface area contributed by atoms with Gasteiger partial charge in [0.25, 0.3) is 0 Å². The molecule has 1 fully saturated rings. The molecule has 156 valence electrons. The summed E-state index contributed by atoms with van der Waals surface area (Å²) in [5, 5.41) is 4.91. The number of ether oxygens (including phenoxy) is 1. The number of aromatic nitrogens is 2. The first-order valence-electron chi connectivity index (χ1n) is 10.3. The highest BCUT2D eigenvalue weighted by Crippen LogP contribution is 2.29. The summed E-state index contributed by atoms with van der Waals surface area (Å²) in [6, 6.07) is 18.0. The summed E-state index contributed by atoms with van der Waals surface area (Å²) in [7, 11) is 5.32. The van der Waals surface area contributed by atoms with Gasteiger partial charge in [-0.05, 0) is 55.8 Å². The molecule has 1 aliphatic heterocycles. The van der Waals surface area contributed by atoms with Crippen molar-refractivity contribution >= 4 is 5.91 Å².